The Kier molecular flexibility index (Phi) is 10.0. The Morgan fingerprint density at radius 1 is 1.83 bits per heavy atom. The SMILES string of the molecule is NCC(=O)S.[NaH]. The van der Waals surface area contributed by atoms with Gasteiger partial charge in [0, 0.05) is 0 Å². The van der Waals surface area contributed by atoms with Crippen molar-refractivity contribution in [1.29, 1.82) is 0 Å². The molecular weight excluding hydrogens is 109 g/mol. The molecule has 0 unspecified atom stereocenters. The van der Waals surface area contributed by atoms with E-state index in [1.165, 1.54) is 0 Å². The summed E-state index contributed by atoms with van der Waals surface area (Å²) in [6.45, 7) is 0.0309. The Balaban J connectivity index is 0. The Hall–Kier alpha value is 0.980. The molecule has 0 aliphatic rings. The number of nitrogens with two attached hydrogens (primary N) is 1. The van der Waals surface area contributed by atoms with Gasteiger partial charge in [0.2, 0.25) is 0 Å². The van der Waals surface area contributed by atoms with Crippen LogP contribution in [0.15, 0.2) is 0 Å². The van der Waals surface area contributed by atoms with Crippen molar-refractivity contribution < 1.29 is 4.79 Å². The summed E-state index contributed by atoms with van der Waals surface area (Å²) in [6.07, 6.45) is 0. The van der Waals surface area contributed by atoms with Crippen LogP contribution in [0.5, 0.6) is 0 Å². The third kappa shape index (κ3) is 8.88. The first-order valence-corrected chi connectivity index (χ1v) is 1.64. The molecule has 0 saturated carbocycles. The molecule has 0 aliphatic heterocycles. The van der Waals surface area contributed by atoms with Crippen LogP contribution in [0.3, 0.4) is 0 Å². The van der Waals surface area contributed by atoms with Gasteiger partial charge in [0.1, 0.15) is 0 Å². The number of carbonyl (C=O) groups is 1. The molecule has 0 heterocycles. The average Bonchev–Trinajstić information content (AvgIpc) is 1.38. The van der Waals surface area contributed by atoms with Gasteiger partial charge in [-0.2, -0.15) is 0 Å². The van der Waals surface area contributed by atoms with Crippen LogP contribution >= 0.6 is 12.6 Å². The standard InChI is InChI=1S/C2H5NOS.Na.H/c3-1-2(4)5;;/h1,3H2,(H,4,5);;. The molecule has 0 spiro atoms. The maximum absolute atomic E-state index is 9.55. The molecule has 0 radical (unpaired) electrons. The molecule has 0 fully saturated rings. The Labute approximate surface area is 64.2 Å². The van der Waals surface area contributed by atoms with Gasteiger partial charge in [-0.05, 0) is 0 Å². The van der Waals surface area contributed by atoms with Crippen molar-refractivity contribution in [2.45, 2.75) is 0 Å². The van der Waals surface area contributed by atoms with E-state index in [0.29, 0.717) is 0 Å². The van der Waals surface area contributed by atoms with Crippen LogP contribution in [0.4, 0.5) is 0 Å². The quantitative estimate of drug-likeness (QED) is 0.331. The zero-order valence-corrected chi connectivity index (χ0v) is 3.53. The predicted molar refractivity (Wildman–Crippen MR) is 30.2 cm³/mol. The minimum absolute atomic E-state index is 0. The Morgan fingerprint density at radius 3 is 2.00 bits per heavy atom. The Bertz CT molecular complexity index is 48.8. The van der Waals surface area contributed by atoms with Crippen molar-refractivity contribution in [2.24, 2.45) is 5.73 Å². The summed E-state index contributed by atoms with van der Waals surface area (Å²) in [7, 11) is 0. The average molecular weight is 115 g/mol. The number of rotatable bonds is 1. The van der Waals surface area contributed by atoms with Crippen molar-refractivity contribution in [3.05, 3.63) is 0 Å². The summed E-state index contributed by atoms with van der Waals surface area (Å²) in [5, 5.41) is -0.273. The van der Waals surface area contributed by atoms with Gasteiger partial charge in [-0.1, -0.05) is 0 Å². The molecule has 2 nitrogen and oxygen atoms in total. The van der Waals surface area contributed by atoms with Gasteiger partial charge in [0.15, 0.2) is 5.12 Å². The van der Waals surface area contributed by atoms with Crippen molar-refractivity contribution in [3.8, 4) is 0 Å². The molecule has 2 N–H and O–H groups in total. The molecule has 0 atom stereocenters. The molecule has 6 heavy (non-hydrogen) atoms. The van der Waals surface area contributed by atoms with E-state index in [-0.39, 0.29) is 41.2 Å². The zero-order chi connectivity index (χ0) is 4.28. The zero-order valence-electron chi connectivity index (χ0n) is 2.64. The number of thiol groups is 1. The van der Waals surface area contributed by atoms with Gasteiger partial charge in [-0.25, -0.2) is 0 Å². The number of hydrogen-bond acceptors (Lipinski definition) is 2. The minimum atomic E-state index is -0.273. The van der Waals surface area contributed by atoms with Crippen LogP contribution in [0.2, 0.25) is 0 Å². The summed E-state index contributed by atoms with van der Waals surface area (Å²) < 4.78 is 0. The maximum atomic E-state index is 9.55. The van der Waals surface area contributed by atoms with Crippen LogP contribution in [0.25, 0.3) is 0 Å². The first-order chi connectivity index (χ1) is 2.27. The molecule has 0 aliphatic carbocycles. The van der Waals surface area contributed by atoms with Crippen LogP contribution in [0, 0.1) is 0 Å². The van der Waals surface area contributed by atoms with Gasteiger partial charge in [0.05, 0.1) is 6.54 Å². The van der Waals surface area contributed by atoms with E-state index in [2.05, 4.69) is 12.6 Å². The molecule has 0 saturated heterocycles. The molecular formula is C2H6NNaOS. The molecule has 32 valence electrons. The van der Waals surface area contributed by atoms with E-state index in [0.717, 1.165) is 0 Å². The van der Waals surface area contributed by atoms with E-state index in [1.807, 2.05) is 0 Å². The summed E-state index contributed by atoms with van der Waals surface area (Å²) in [5.41, 5.74) is 4.75. The van der Waals surface area contributed by atoms with Crippen molar-refractivity contribution in [1.82, 2.24) is 0 Å². The Morgan fingerprint density at radius 2 is 2.00 bits per heavy atom. The summed E-state index contributed by atoms with van der Waals surface area (Å²) in [6, 6.07) is 0. The molecule has 0 rings (SSSR count). The fourth-order valence-corrected chi connectivity index (χ4v) is 0. The fourth-order valence-electron chi connectivity index (χ4n) is 0. The summed E-state index contributed by atoms with van der Waals surface area (Å²) in [4.78, 5) is 9.55. The van der Waals surface area contributed by atoms with Crippen LogP contribution in [0.1, 0.15) is 0 Å². The van der Waals surface area contributed by atoms with Gasteiger partial charge in [-0.15, -0.1) is 12.6 Å². The van der Waals surface area contributed by atoms with Gasteiger partial charge in [0.25, 0.3) is 0 Å². The fraction of sp³-hybridized carbons (Fsp3) is 0.500. The van der Waals surface area contributed by atoms with E-state index >= 15 is 0 Å². The van der Waals surface area contributed by atoms with E-state index < -0.39 is 0 Å². The number of hydrogen-bond donors (Lipinski definition) is 2. The second-order valence-electron chi connectivity index (χ2n) is 0.598. The van der Waals surface area contributed by atoms with E-state index in [9.17, 15) is 4.79 Å². The molecule has 0 bridgehead atoms. The second-order valence-corrected chi connectivity index (χ2v) is 1.10. The van der Waals surface area contributed by atoms with Crippen LogP contribution < -0.4 is 5.73 Å². The van der Waals surface area contributed by atoms with E-state index in [4.69, 9.17) is 5.73 Å². The summed E-state index contributed by atoms with van der Waals surface area (Å²) in [5.74, 6) is 0. The third-order valence-corrected chi connectivity index (χ3v) is 0.357. The summed E-state index contributed by atoms with van der Waals surface area (Å²) >= 11 is 3.33. The topological polar surface area (TPSA) is 43.1 Å². The van der Waals surface area contributed by atoms with Gasteiger partial charge < -0.3 is 5.73 Å². The third-order valence-electron chi connectivity index (χ3n) is 0.175. The first kappa shape index (κ1) is 10.1. The number of carbonyl (C=O) groups excluding carboxylic acids is 1. The van der Waals surface area contributed by atoms with Crippen LogP contribution in [-0.4, -0.2) is 41.2 Å². The predicted octanol–water partition coefficient (Wildman–Crippen LogP) is -1.25. The molecule has 0 aromatic carbocycles. The van der Waals surface area contributed by atoms with Crippen molar-refractivity contribution in [3.63, 3.8) is 0 Å². The van der Waals surface area contributed by atoms with Crippen molar-refractivity contribution in [2.75, 3.05) is 6.54 Å². The molecule has 0 amide bonds. The monoisotopic (exact) mass is 115 g/mol. The van der Waals surface area contributed by atoms with E-state index in [1.54, 1.807) is 0 Å². The normalized spacial score (nSPS) is 6.33. The molecule has 4 heteroatoms. The van der Waals surface area contributed by atoms with Gasteiger partial charge in [-0.3, -0.25) is 4.79 Å². The molecule has 0 aromatic rings. The van der Waals surface area contributed by atoms with Crippen molar-refractivity contribution >= 4 is 47.3 Å². The second kappa shape index (κ2) is 5.98. The molecule has 0 aromatic heterocycles. The van der Waals surface area contributed by atoms with Crippen LogP contribution in [-0.2, 0) is 4.79 Å². The first-order valence-electron chi connectivity index (χ1n) is 1.19. The van der Waals surface area contributed by atoms with Gasteiger partial charge >= 0.3 is 29.6 Å².